The molecular formula is C20H22N4O5S3. The smallest absolute Gasteiger partial charge is 0.304 e. The number of nitrogens with zero attached hydrogens (tertiary/aromatic N) is 2. The second kappa shape index (κ2) is 9.53. The number of carbonyl (C=O) groups is 2. The average molecular weight is 495 g/mol. The van der Waals surface area contributed by atoms with Crippen LogP contribution < -0.4 is 10.0 Å². The molecule has 1 aliphatic heterocycles. The Morgan fingerprint density at radius 3 is 2.69 bits per heavy atom. The van der Waals surface area contributed by atoms with Gasteiger partial charge in [-0.3, -0.25) is 14.3 Å². The minimum absolute atomic E-state index is 0.0967. The Morgan fingerprint density at radius 2 is 2.00 bits per heavy atom. The molecule has 1 fully saturated rings. The molecule has 9 nitrogen and oxygen atoms in total. The summed E-state index contributed by atoms with van der Waals surface area (Å²) in [6.45, 7) is 1.89. The highest BCUT2D eigenvalue weighted by Gasteiger charge is 2.26. The molecule has 0 unspecified atom stereocenters. The van der Waals surface area contributed by atoms with Crippen molar-refractivity contribution in [3.63, 3.8) is 0 Å². The predicted octanol–water partition coefficient (Wildman–Crippen LogP) is 3.28. The van der Waals surface area contributed by atoms with Gasteiger partial charge < -0.3 is 15.3 Å². The van der Waals surface area contributed by atoms with E-state index in [1.54, 1.807) is 35.7 Å². The monoisotopic (exact) mass is 494 g/mol. The lowest BCUT2D eigenvalue weighted by Crippen LogP contribution is -2.39. The number of likely N-dealkylation sites (tertiary alicyclic amines) is 1. The Morgan fingerprint density at radius 1 is 1.22 bits per heavy atom. The first-order valence-corrected chi connectivity index (χ1v) is 13.2. The van der Waals surface area contributed by atoms with E-state index in [-0.39, 0.29) is 22.5 Å². The van der Waals surface area contributed by atoms with Crippen LogP contribution in [0.4, 0.5) is 10.8 Å². The topological polar surface area (TPSA) is 129 Å². The number of amides is 1. The normalized spacial score (nSPS) is 15.6. The third-order valence-electron chi connectivity index (χ3n) is 5.23. The summed E-state index contributed by atoms with van der Waals surface area (Å²) in [5.74, 6) is -1.06. The summed E-state index contributed by atoms with van der Waals surface area (Å²) in [7, 11) is -3.63. The summed E-state index contributed by atoms with van der Waals surface area (Å²) in [4.78, 5) is 29.9. The largest absolute Gasteiger partial charge is 0.481 e. The van der Waals surface area contributed by atoms with Gasteiger partial charge in [0.25, 0.3) is 10.0 Å². The lowest BCUT2D eigenvalue weighted by atomic mass is 9.96. The molecular weight excluding hydrogens is 472 g/mol. The van der Waals surface area contributed by atoms with Crippen LogP contribution in [0.5, 0.6) is 0 Å². The minimum atomic E-state index is -3.63. The lowest BCUT2D eigenvalue weighted by Gasteiger charge is -2.30. The molecule has 1 amide bonds. The molecule has 0 atom stereocenters. The number of carboxylic acid groups (broad SMARTS) is 1. The van der Waals surface area contributed by atoms with Gasteiger partial charge in [0.05, 0.1) is 22.3 Å². The molecule has 3 N–H and O–H groups in total. The predicted molar refractivity (Wildman–Crippen MR) is 125 cm³/mol. The fourth-order valence-corrected chi connectivity index (χ4v) is 6.49. The SMILES string of the molecule is O=C(O)CCN1CCC(C(=O)Nc2nc3ccc(NS(=O)(=O)c4cccs4)cc3s2)CC1. The maximum Gasteiger partial charge on any atom is 0.304 e. The number of aromatic nitrogens is 1. The van der Waals surface area contributed by atoms with Crippen LogP contribution in [0.3, 0.4) is 0 Å². The number of rotatable bonds is 8. The molecule has 12 heteroatoms. The van der Waals surface area contributed by atoms with Crippen molar-refractivity contribution in [3.05, 3.63) is 35.7 Å². The molecule has 0 bridgehead atoms. The molecule has 0 radical (unpaired) electrons. The summed E-state index contributed by atoms with van der Waals surface area (Å²) in [6, 6.07) is 8.29. The molecule has 32 heavy (non-hydrogen) atoms. The first-order valence-electron chi connectivity index (χ1n) is 10.0. The number of aliphatic carboxylic acids is 1. The molecule has 0 spiro atoms. The van der Waals surface area contributed by atoms with E-state index < -0.39 is 16.0 Å². The summed E-state index contributed by atoms with van der Waals surface area (Å²) in [5.41, 5.74) is 1.11. The van der Waals surface area contributed by atoms with Gasteiger partial charge in [-0.05, 0) is 55.6 Å². The number of piperidine rings is 1. The third-order valence-corrected chi connectivity index (χ3v) is 8.94. The zero-order valence-corrected chi connectivity index (χ0v) is 19.4. The molecule has 0 saturated carbocycles. The molecule has 0 aliphatic carbocycles. The van der Waals surface area contributed by atoms with E-state index in [4.69, 9.17) is 5.11 Å². The number of thiazole rings is 1. The first-order chi connectivity index (χ1) is 15.3. The van der Waals surface area contributed by atoms with Gasteiger partial charge in [-0.1, -0.05) is 17.4 Å². The highest BCUT2D eigenvalue weighted by atomic mass is 32.2. The number of nitrogens with one attached hydrogen (secondary N) is 2. The number of carbonyl (C=O) groups excluding carboxylic acids is 1. The van der Waals surface area contributed by atoms with Crippen molar-refractivity contribution in [2.75, 3.05) is 29.7 Å². The molecule has 1 saturated heterocycles. The fourth-order valence-electron chi connectivity index (χ4n) is 3.54. The molecule has 2 aromatic heterocycles. The Labute approximate surface area is 193 Å². The van der Waals surface area contributed by atoms with E-state index in [0.717, 1.165) is 16.0 Å². The van der Waals surface area contributed by atoms with Crippen molar-refractivity contribution in [2.24, 2.45) is 5.92 Å². The van der Waals surface area contributed by atoms with Crippen LogP contribution in [0, 0.1) is 5.92 Å². The van der Waals surface area contributed by atoms with Crippen LogP contribution >= 0.6 is 22.7 Å². The molecule has 3 heterocycles. The summed E-state index contributed by atoms with van der Waals surface area (Å²) in [5, 5.41) is 13.8. The van der Waals surface area contributed by atoms with Crippen LogP contribution in [0.2, 0.25) is 0 Å². The van der Waals surface area contributed by atoms with Gasteiger partial charge >= 0.3 is 5.97 Å². The van der Waals surface area contributed by atoms with Crippen molar-refractivity contribution >= 4 is 65.6 Å². The standard InChI is InChI=1S/C20H22N4O5S3/c25-17(26)7-10-24-8-5-13(6-9-24)19(27)22-20-21-15-4-3-14(12-16(15)31-20)23-32(28,29)18-2-1-11-30-18/h1-4,11-13,23H,5-10H2,(H,25,26)(H,21,22,27). The van der Waals surface area contributed by atoms with Gasteiger partial charge in [-0.25, -0.2) is 13.4 Å². The molecule has 4 rings (SSSR count). The Kier molecular flexibility index (Phi) is 6.74. The van der Waals surface area contributed by atoms with Crippen molar-refractivity contribution in [3.8, 4) is 0 Å². The number of sulfonamides is 1. The van der Waals surface area contributed by atoms with Crippen LogP contribution in [0.15, 0.2) is 39.9 Å². The number of anilines is 2. The van der Waals surface area contributed by atoms with E-state index >= 15 is 0 Å². The molecule has 3 aromatic rings. The van der Waals surface area contributed by atoms with Crippen molar-refractivity contribution in [2.45, 2.75) is 23.5 Å². The maximum atomic E-state index is 12.7. The number of fused-ring (bicyclic) bond motifs is 1. The number of benzene rings is 1. The fraction of sp³-hybridized carbons (Fsp3) is 0.350. The van der Waals surface area contributed by atoms with E-state index in [1.807, 2.05) is 0 Å². The summed E-state index contributed by atoms with van der Waals surface area (Å²) in [6.07, 6.45) is 1.45. The van der Waals surface area contributed by atoms with Crippen LogP contribution in [0.25, 0.3) is 10.2 Å². The zero-order valence-electron chi connectivity index (χ0n) is 17.0. The van der Waals surface area contributed by atoms with Gasteiger partial charge in [0.1, 0.15) is 4.21 Å². The van der Waals surface area contributed by atoms with Gasteiger partial charge in [0.2, 0.25) is 5.91 Å². The van der Waals surface area contributed by atoms with Crippen LogP contribution in [-0.2, 0) is 19.6 Å². The van der Waals surface area contributed by atoms with Crippen molar-refractivity contribution in [1.29, 1.82) is 0 Å². The zero-order chi connectivity index (χ0) is 22.7. The number of hydrogen-bond acceptors (Lipinski definition) is 8. The van der Waals surface area contributed by atoms with Crippen LogP contribution in [-0.4, -0.2) is 54.9 Å². The Bertz CT molecular complexity index is 1220. The van der Waals surface area contributed by atoms with E-state index in [2.05, 4.69) is 19.9 Å². The minimum Gasteiger partial charge on any atom is -0.481 e. The summed E-state index contributed by atoms with van der Waals surface area (Å²) >= 11 is 2.43. The Balaban J connectivity index is 1.37. The molecule has 1 aliphatic rings. The van der Waals surface area contributed by atoms with Gasteiger partial charge in [0.15, 0.2) is 5.13 Å². The third kappa shape index (κ3) is 5.44. The molecule has 1 aromatic carbocycles. The number of thiophene rings is 1. The summed E-state index contributed by atoms with van der Waals surface area (Å²) < 4.78 is 28.4. The van der Waals surface area contributed by atoms with Gasteiger partial charge in [-0.2, -0.15) is 0 Å². The Hall–Kier alpha value is -2.54. The second-order valence-electron chi connectivity index (χ2n) is 7.49. The maximum absolute atomic E-state index is 12.7. The highest BCUT2D eigenvalue weighted by Crippen LogP contribution is 2.30. The van der Waals surface area contributed by atoms with Crippen LogP contribution in [0.1, 0.15) is 19.3 Å². The number of carboxylic acids is 1. The second-order valence-corrected chi connectivity index (χ2v) is 11.4. The van der Waals surface area contributed by atoms with Crippen molar-refractivity contribution < 1.29 is 23.1 Å². The highest BCUT2D eigenvalue weighted by molar-refractivity contribution is 7.94. The van der Waals surface area contributed by atoms with Gasteiger partial charge in [-0.15, -0.1) is 11.3 Å². The first kappa shape index (κ1) is 22.6. The van der Waals surface area contributed by atoms with E-state index in [0.29, 0.717) is 48.8 Å². The van der Waals surface area contributed by atoms with E-state index in [9.17, 15) is 18.0 Å². The van der Waals surface area contributed by atoms with Crippen molar-refractivity contribution in [1.82, 2.24) is 9.88 Å². The quantitative estimate of drug-likeness (QED) is 0.438. The average Bonchev–Trinajstić information content (AvgIpc) is 3.42. The molecule has 170 valence electrons. The van der Waals surface area contributed by atoms with Gasteiger partial charge in [0, 0.05) is 12.5 Å². The number of hydrogen-bond donors (Lipinski definition) is 3. The lowest BCUT2D eigenvalue weighted by molar-refractivity contribution is -0.137. The van der Waals surface area contributed by atoms with E-state index in [1.165, 1.54) is 11.3 Å².